The summed E-state index contributed by atoms with van der Waals surface area (Å²) in [6, 6.07) is 11.6. The number of hydrogen-bond donors (Lipinski definition) is 1. The van der Waals surface area contributed by atoms with Gasteiger partial charge in [0.15, 0.2) is 11.5 Å². The SMILES string of the molecule is COc1ccc(CNCc2cc(OC)c(OC)cc2Cl)cc1. The highest BCUT2D eigenvalue weighted by molar-refractivity contribution is 6.31. The van der Waals surface area contributed by atoms with Gasteiger partial charge in [-0.1, -0.05) is 23.7 Å². The first-order chi connectivity index (χ1) is 10.7. The zero-order chi connectivity index (χ0) is 15.9. The Kier molecular flexibility index (Phi) is 5.92. The molecule has 0 saturated carbocycles. The van der Waals surface area contributed by atoms with Crippen molar-refractivity contribution in [2.24, 2.45) is 0 Å². The van der Waals surface area contributed by atoms with Crippen molar-refractivity contribution in [3.05, 3.63) is 52.5 Å². The van der Waals surface area contributed by atoms with Crippen LogP contribution in [0, 0.1) is 0 Å². The fraction of sp³-hybridized carbons (Fsp3) is 0.294. The summed E-state index contributed by atoms with van der Waals surface area (Å²) in [6.07, 6.45) is 0. The van der Waals surface area contributed by atoms with E-state index in [0.29, 0.717) is 23.1 Å². The van der Waals surface area contributed by atoms with Crippen molar-refractivity contribution in [2.75, 3.05) is 21.3 Å². The number of rotatable bonds is 7. The van der Waals surface area contributed by atoms with Gasteiger partial charge in [0.05, 0.1) is 21.3 Å². The van der Waals surface area contributed by atoms with Gasteiger partial charge < -0.3 is 19.5 Å². The first-order valence-electron chi connectivity index (χ1n) is 6.92. The highest BCUT2D eigenvalue weighted by Crippen LogP contribution is 2.33. The van der Waals surface area contributed by atoms with Gasteiger partial charge in [-0.05, 0) is 29.3 Å². The molecule has 0 fully saturated rings. The molecule has 0 spiro atoms. The topological polar surface area (TPSA) is 39.7 Å². The largest absolute Gasteiger partial charge is 0.497 e. The van der Waals surface area contributed by atoms with Crippen molar-refractivity contribution in [1.29, 1.82) is 0 Å². The van der Waals surface area contributed by atoms with Gasteiger partial charge in [-0.15, -0.1) is 0 Å². The molecule has 0 atom stereocenters. The third kappa shape index (κ3) is 4.06. The minimum atomic E-state index is 0.631. The lowest BCUT2D eigenvalue weighted by molar-refractivity contribution is 0.354. The Hall–Kier alpha value is -1.91. The minimum absolute atomic E-state index is 0.631. The molecule has 22 heavy (non-hydrogen) atoms. The Labute approximate surface area is 136 Å². The van der Waals surface area contributed by atoms with E-state index in [1.54, 1.807) is 27.4 Å². The van der Waals surface area contributed by atoms with Crippen LogP contribution in [0.15, 0.2) is 36.4 Å². The Morgan fingerprint density at radius 1 is 0.864 bits per heavy atom. The van der Waals surface area contributed by atoms with E-state index in [1.165, 1.54) is 5.56 Å². The molecule has 0 aromatic heterocycles. The third-order valence-corrected chi connectivity index (χ3v) is 3.71. The first-order valence-corrected chi connectivity index (χ1v) is 7.29. The molecule has 2 rings (SSSR count). The Morgan fingerprint density at radius 2 is 1.50 bits per heavy atom. The number of methoxy groups -OCH3 is 3. The third-order valence-electron chi connectivity index (χ3n) is 3.36. The monoisotopic (exact) mass is 321 g/mol. The quantitative estimate of drug-likeness (QED) is 0.845. The fourth-order valence-electron chi connectivity index (χ4n) is 2.12. The van der Waals surface area contributed by atoms with Crippen LogP contribution in [0.25, 0.3) is 0 Å². The van der Waals surface area contributed by atoms with Crippen LogP contribution in [0.5, 0.6) is 17.2 Å². The van der Waals surface area contributed by atoms with E-state index in [9.17, 15) is 0 Å². The molecule has 0 bridgehead atoms. The Bertz CT molecular complexity index is 614. The summed E-state index contributed by atoms with van der Waals surface area (Å²) in [4.78, 5) is 0. The lowest BCUT2D eigenvalue weighted by Gasteiger charge is -2.12. The van der Waals surface area contributed by atoms with Crippen LogP contribution in [0.3, 0.4) is 0 Å². The molecular formula is C17H20ClNO3. The summed E-state index contributed by atoms with van der Waals surface area (Å²) in [5, 5.41) is 4.02. The van der Waals surface area contributed by atoms with Crippen molar-refractivity contribution in [3.63, 3.8) is 0 Å². The summed E-state index contributed by atoms with van der Waals surface area (Å²) < 4.78 is 15.7. The second-order valence-corrected chi connectivity index (χ2v) is 5.16. The zero-order valence-electron chi connectivity index (χ0n) is 13.0. The molecule has 0 aliphatic heterocycles. The van der Waals surface area contributed by atoms with Crippen LogP contribution in [-0.4, -0.2) is 21.3 Å². The predicted octanol–water partition coefficient (Wildman–Crippen LogP) is 3.66. The molecule has 2 aromatic rings. The van der Waals surface area contributed by atoms with E-state index in [1.807, 2.05) is 30.3 Å². The molecule has 0 amide bonds. The van der Waals surface area contributed by atoms with Crippen LogP contribution >= 0.6 is 11.6 Å². The molecule has 0 saturated heterocycles. The van der Waals surface area contributed by atoms with Crippen LogP contribution in [0.4, 0.5) is 0 Å². The number of halogens is 1. The van der Waals surface area contributed by atoms with Gasteiger partial charge in [-0.25, -0.2) is 0 Å². The van der Waals surface area contributed by atoms with Crippen molar-refractivity contribution < 1.29 is 14.2 Å². The molecule has 2 aromatic carbocycles. The molecule has 0 aliphatic rings. The summed E-state index contributed by atoms with van der Waals surface area (Å²) in [7, 11) is 4.86. The fourth-order valence-corrected chi connectivity index (χ4v) is 2.34. The van der Waals surface area contributed by atoms with Gasteiger partial charge in [-0.2, -0.15) is 0 Å². The maximum absolute atomic E-state index is 6.27. The molecule has 118 valence electrons. The summed E-state index contributed by atoms with van der Waals surface area (Å²) in [6.45, 7) is 1.39. The number of ether oxygens (including phenoxy) is 3. The molecule has 0 heterocycles. The Balaban J connectivity index is 1.98. The molecular weight excluding hydrogens is 302 g/mol. The maximum atomic E-state index is 6.27. The smallest absolute Gasteiger partial charge is 0.162 e. The van der Waals surface area contributed by atoms with Crippen LogP contribution in [-0.2, 0) is 13.1 Å². The average Bonchev–Trinajstić information content (AvgIpc) is 2.56. The number of nitrogens with one attached hydrogen (secondary N) is 1. The first kappa shape index (κ1) is 16.5. The van der Waals surface area contributed by atoms with E-state index in [4.69, 9.17) is 25.8 Å². The van der Waals surface area contributed by atoms with E-state index >= 15 is 0 Å². The van der Waals surface area contributed by atoms with E-state index < -0.39 is 0 Å². The second kappa shape index (κ2) is 7.92. The van der Waals surface area contributed by atoms with Gasteiger partial charge in [0, 0.05) is 24.2 Å². The van der Waals surface area contributed by atoms with Gasteiger partial charge in [0.25, 0.3) is 0 Å². The minimum Gasteiger partial charge on any atom is -0.497 e. The summed E-state index contributed by atoms with van der Waals surface area (Å²) in [5.74, 6) is 2.16. The van der Waals surface area contributed by atoms with Crippen LogP contribution in [0.2, 0.25) is 5.02 Å². The number of hydrogen-bond acceptors (Lipinski definition) is 4. The standard InChI is InChI=1S/C17H20ClNO3/c1-20-14-6-4-12(5-7-14)10-19-11-13-8-16(21-2)17(22-3)9-15(13)18/h4-9,19H,10-11H2,1-3H3. The van der Waals surface area contributed by atoms with Gasteiger partial charge in [0.1, 0.15) is 5.75 Å². The molecule has 0 aliphatic carbocycles. The maximum Gasteiger partial charge on any atom is 0.162 e. The van der Waals surface area contributed by atoms with Crippen molar-refractivity contribution >= 4 is 11.6 Å². The normalized spacial score (nSPS) is 10.4. The second-order valence-electron chi connectivity index (χ2n) is 4.75. The van der Waals surface area contributed by atoms with Crippen LogP contribution in [0.1, 0.15) is 11.1 Å². The van der Waals surface area contributed by atoms with Crippen molar-refractivity contribution in [1.82, 2.24) is 5.32 Å². The van der Waals surface area contributed by atoms with Gasteiger partial charge in [0.2, 0.25) is 0 Å². The van der Waals surface area contributed by atoms with Gasteiger partial charge >= 0.3 is 0 Å². The molecule has 1 N–H and O–H groups in total. The van der Waals surface area contributed by atoms with Gasteiger partial charge in [-0.3, -0.25) is 0 Å². The van der Waals surface area contributed by atoms with E-state index in [0.717, 1.165) is 17.9 Å². The average molecular weight is 322 g/mol. The lowest BCUT2D eigenvalue weighted by Crippen LogP contribution is -2.13. The zero-order valence-corrected chi connectivity index (χ0v) is 13.7. The number of benzene rings is 2. The van der Waals surface area contributed by atoms with Crippen molar-refractivity contribution in [3.8, 4) is 17.2 Å². The Morgan fingerprint density at radius 3 is 2.09 bits per heavy atom. The molecule has 0 unspecified atom stereocenters. The van der Waals surface area contributed by atoms with Crippen molar-refractivity contribution in [2.45, 2.75) is 13.1 Å². The summed E-state index contributed by atoms with van der Waals surface area (Å²) in [5.41, 5.74) is 2.14. The lowest BCUT2D eigenvalue weighted by atomic mass is 10.1. The predicted molar refractivity (Wildman–Crippen MR) is 88.1 cm³/mol. The molecule has 0 radical (unpaired) electrons. The highest BCUT2D eigenvalue weighted by atomic mass is 35.5. The highest BCUT2D eigenvalue weighted by Gasteiger charge is 2.09. The molecule has 4 nitrogen and oxygen atoms in total. The van der Waals surface area contributed by atoms with E-state index in [2.05, 4.69) is 5.32 Å². The van der Waals surface area contributed by atoms with E-state index in [-0.39, 0.29) is 0 Å². The summed E-state index contributed by atoms with van der Waals surface area (Å²) >= 11 is 6.27. The van der Waals surface area contributed by atoms with Crippen LogP contribution < -0.4 is 19.5 Å². The molecule has 5 heteroatoms.